The first-order chi connectivity index (χ1) is 7.12. The van der Waals surface area contributed by atoms with Crippen molar-refractivity contribution in [2.75, 3.05) is 19.6 Å². The van der Waals surface area contributed by atoms with Crippen molar-refractivity contribution in [3.05, 3.63) is 0 Å². The molecule has 2 N–H and O–H groups in total. The molecule has 0 amide bonds. The van der Waals surface area contributed by atoms with Crippen LogP contribution in [0, 0.1) is 5.41 Å². The van der Waals surface area contributed by atoms with Gasteiger partial charge >= 0.3 is 0 Å². The number of rotatable bonds is 3. The molecule has 0 aromatic rings. The minimum Gasteiger partial charge on any atom is -0.316 e. The fourth-order valence-corrected chi connectivity index (χ4v) is 3.03. The Kier molecular flexibility index (Phi) is 3.36. The van der Waals surface area contributed by atoms with Gasteiger partial charge in [0.1, 0.15) is 0 Å². The molecule has 0 aromatic heterocycles. The standard InChI is InChI=1S/C13H26N2/c1-12(6-5-9-14-10-12)11-15-13(2)7-3-4-8-13/h14-15H,3-11H2,1-2H3. The zero-order valence-electron chi connectivity index (χ0n) is 10.4. The van der Waals surface area contributed by atoms with Crippen molar-refractivity contribution < 1.29 is 0 Å². The molecule has 0 spiro atoms. The lowest BCUT2D eigenvalue weighted by Gasteiger charge is -2.38. The molecule has 1 atom stereocenters. The number of hydrogen-bond acceptors (Lipinski definition) is 2. The smallest absolute Gasteiger partial charge is 0.0153 e. The summed E-state index contributed by atoms with van der Waals surface area (Å²) in [6.07, 6.45) is 8.29. The van der Waals surface area contributed by atoms with E-state index in [0.717, 1.165) is 0 Å². The van der Waals surface area contributed by atoms with E-state index in [0.29, 0.717) is 11.0 Å². The average molecular weight is 210 g/mol. The zero-order chi connectivity index (χ0) is 10.8. The van der Waals surface area contributed by atoms with Gasteiger partial charge in [0.05, 0.1) is 0 Å². The van der Waals surface area contributed by atoms with Crippen LogP contribution in [-0.2, 0) is 0 Å². The fraction of sp³-hybridized carbons (Fsp3) is 1.00. The molecule has 2 fully saturated rings. The Morgan fingerprint density at radius 2 is 1.80 bits per heavy atom. The summed E-state index contributed by atoms with van der Waals surface area (Å²) >= 11 is 0. The first-order valence-electron chi connectivity index (χ1n) is 6.58. The summed E-state index contributed by atoms with van der Waals surface area (Å²) in [6.45, 7) is 8.42. The van der Waals surface area contributed by atoms with E-state index in [1.165, 1.54) is 58.2 Å². The van der Waals surface area contributed by atoms with Gasteiger partial charge in [-0.05, 0) is 44.6 Å². The van der Waals surface area contributed by atoms with Gasteiger partial charge in [-0.2, -0.15) is 0 Å². The monoisotopic (exact) mass is 210 g/mol. The predicted molar refractivity (Wildman–Crippen MR) is 65.1 cm³/mol. The summed E-state index contributed by atoms with van der Waals surface area (Å²) in [5, 5.41) is 7.35. The Balaban J connectivity index is 1.80. The van der Waals surface area contributed by atoms with Gasteiger partial charge in [-0.1, -0.05) is 19.8 Å². The number of nitrogens with one attached hydrogen (secondary N) is 2. The minimum absolute atomic E-state index is 0.445. The van der Waals surface area contributed by atoms with E-state index in [1.807, 2.05) is 0 Å². The molecule has 1 saturated heterocycles. The molecule has 2 nitrogen and oxygen atoms in total. The molecule has 1 aliphatic carbocycles. The fourth-order valence-electron chi connectivity index (χ4n) is 3.03. The third-order valence-electron chi connectivity index (χ3n) is 4.33. The van der Waals surface area contributed by atoms with Crippen LogP contribution in [0.1, 0.15) is 52.4 Å². The summed E-state index contributed by atoms with van der Waals surface area (Å²) in [4.78, 5) is 0. The molecule has 2 rings (SSSR count). The van der Waals surface area contributed by atoms with Gasteiger partial charge in [0.15, 0.2) is 0 Å². The molecule has 2 aliphatic rings. The van der Waals surface area contributed by atoms with Crippen LogP contribution < -0.4 is 10.6 Å². The highest BCUT2D eigenvalue weighted by Crippen LogP contribution is 2.31. The van der Waals surface area contributed by atoms with Crippen molar-refractivity contribution in [1.82, 2.24) is 10.6 Å². The third-order valence-corrected chi connectivity index (χ3v) is 4.33. The van der Waals surface area contributed by atoms with Crippen molar-refractivity contribution in [3.8, 4) is 0 Å². The highest BCUT2D eigenvalue weighted by Gasteiger charge is 2.32. The maximum absolute atomic E-state index is 3.83. The van der Waals surface area contributed by atoms with E-state index in [9.17, 15) is 0 Å². The quantitative estimate of drug-likeness (QED) is 0.747. The molecule has 1 heterocycles. The number of hydrogen-bond donors (Lipinski definition) is 2. The van der Waals surface area contributed by atoms with Gasteiger partial charge in [-0.15, -0.1) is 0 Å². The van der Waals surface area contributed by atoms with E-state index in [1.54, 1.807) is 0 Å². The first-order valence-corrected chi connectivity index (χ1v) is 6.58. The van der Waals surface area contributed by atoms with Crippen LogP contribution in [0.4, 0.5) is 0 Å². The second kappa shape index (κ2) is 4.42. The molecule has 0 bridgehead atoms. The Labute approximate surface area is 94.2 Å². The van der Waals surface area contributed by atoms with E-state index < -0.39 is 0 Å². The molecule has 1 aliphatic heterocycles. The van der Waals surface area contributed by atoms with Crippen LogP contribution in [0.15, 0.2) is 0 Å². The summed E-state index contributed by atoms with van der Waals surface area (Å²) in [5.41, 5.74) is 0.935. The lowest BCUT2D eigenvalue weighted by Crippen LogP contribution is -2.50. The van der Waals surface area contributed by atoms with E-state index in [-0.39, 0.29) is 0 Å². The molecular weight excluding hydrogens is 184 g/mol. The molecule has 15 heavy (non-hydrogen) atoms. The molecule has 0 aromatic carbocycles. The average Bonchev–Trinajstić information content (AvgIpc) is 2.65. The van der Waals surface area contributed by atoms with Gasteiger partial charge in [0.25, 0.3) is 0 Å². The van der Waals surface area contributed by atoms with Gasteiger partial charge in [0, 0.05) is 18.6 Å². The lowest BCUT2D eigenvalue weighted by atomic mass is 9.82. The molecule has 0 radical (unpaired) electrons. The molecule has 1 saturated carbocycles. The van der Waals surface area contributed by atoms with Crippen LogP contribution >= 0.6 is 0 Å². The minimum atomic E-state index is 0.445. The molecule has 88 valence electrons. The second-order valence-corrected chi connectivity index (χ2v) is 6.21. The summed E-state index contributed by atoms with van der Waals surface area (Å²) < 4.78 is 0. The van der Waals surface area contributed by atoms with Gasteiger partial charge in [0.2, 0.25) is 0 Å². The van der Waals surface area contributed by atoms with Crippen LogP contribution in [0.5, 0.6) is 0 Å². The van der Waals surface area contributed by atoms with Gasteiger partial charge in [-0.3, -0.25) is 0 Å². The normalized spacial score (nSPS) is 35.6. The Morgan fingerprint density at radius 1 is 1.07 bits per heavy atom. The molecule has 2 heteroatoms. The van der Waals surface area contributed by atoms with Crippen LogP contribution in [0.3, 0.4) is 0 Å². The van der Waals surface area contributed by atoms with E-state index in [4.69, 9.17) is 0 Å². The van der Waals surface area contributed by atoms with Crippen LogP contribution in [0.2, 0.25) is 0 Å². The largest absolute Gasteiger partial charge is 0.316 e. The predicted octanol–water partition coefficient (Wildman–Crippen LogP) is 2.30. The zero-order valence-corrected chi connectivity index (χ0v) is 10.4. The summed E-state index contributed by atoms with van der Waals surface area (Å²) in [5.74, 6) is 0. The van der Waals surface area contributed by atoms with Crippen molar-refractivity contribution in [1.29, 1.82) is 0 Å². The van der Waals surface area contributed by atoms with Crippen LogP contribution in [-0.4, -0.2) is 25.2 Å². The molecule has 1 unspecified atom stereocenters. The highest BCUT2D eigenvalue weighted by atomic mass is 15.0. The SMILES string of the molecule is CC1(CNC2(C)CCCC2)CCCNC1. The maximum atomic E-state index is 3.83. The van der Waals surface area contributed by atoms with Crippen molar-refractivity contribution in [2.24, 2.45) is 5.41 Å². The Hall–Kier alpha value is -0.0800. The highest BCUT2D eigenvalue weighted by molar-refractivity contribution is 4.92. The topological polar surface area (TPSA) is 24.1 Å². The van der Waals surface area contributed by atoms with Crippen molar-refractivity contribution >= 4 is 0 Å². The van der Waals surface area contributed by atoms with Crippen molar-refractivity contribution in [3.63, 3.8) is 0 Å². The van der Waals surface area contributed by atoms with Gasteiger partial charge in [-0.25, -0.2) is 0 Å². The van der Waals surface area contributed by atoms with E-state index >= 15 is 0 Å². The van der Waals surface area contributed by atoms with Gasteiger partial charge < -0.3 is 10.6 Å². The Bertz CT molecular complexity index is 201. The van der Waals surface area contributed by atoms with Crippen LogP contribution in [0.25, 0.3) is 0 Å². The second-order valence-electron chi connectivity index (χ2n) is 6.21. The lowest BCUT2D eigenvalue weighted by molar-refractivity contribution is 0.198. The summed E-state index contributed by atoms with van der Waals surface area (Å²) in [6, 6.07) is 0. The van der Waals surface area contributed by atoms with E-state index in [2.05, 4.69) is 24.5 Å². The Morgan fingerprint density at radius 3 is 2.40 bits per heavy atom. The first kappa shape index (κ1) is 11.4. The third kappa shape index (κ3) is 2.94. The molecular formula is C13H26N2. The number of piperidine rings is 1. The maximum Gasteiger partial charge on any atom is 0.0153 e. The summed E-state index contributed by atoms with van der Waals surface area (Å²) in [7, 11) is 0. The van der Waals surface area contributed by atoms with Crippen molar-refractivity contribution in [2.45, 2.75) is 57.9 Å².